The van der Waals surface area contributed by atoms with Crippen molar-refractivity contribution >= 4 is 51.2 Å². The van der Waals surface area contributed by atoms with E-state index in [1.54, 1.807) is 11.3 Å². The lowest BCUT2D eigenvalue weighted by atomic mass is 10.1. The van der Waals surface area contributed by atoms with Gasteiger partial charge in [-0.05, 0) is 43.9 Å². The predicted molar refractivity (Wildman–Crippen MR) is 114 cm³/mol. The number of thiazole rings is 1. The predicted octanol–water partition coefficient (Wildman–Crippen LogP) is 4.12. The third-order valence-electron chi connectivity index (χ3n) is 4.87. The first-order valence-electron chi connectivity index (χ1n) is 8.89. The molecule has 0 spiro atoms. The summed E-state index contributed by atoms with van der Waals surface area (Å²) >= 11 is 8.64. The van der Waals surface area contributed by atoms with E-state index in [9.17, 15) is 4.79 Å². The second-order valence-corrected chi connectivity index (χ2v) is 9.31. The summed E-state index contributed by atoms with van der Waals surface area (Å²) in [6.07, 6.45) is 3.31. The SMILES string of the molecule is Cc1nc(-c2ccc3c(c2)CCN3C(=O)CSC(=S)N2CCCC2)cs1. The summed E-state index contributed by atoms with van der Waals surface area (Å²) < 4.78 is 0.865. The summed E-state index contributed by atoms with van der Waals surface area (Å²) in [5.41, 5.74) is 4.42. The van der Waals surface area contributed by atoms with Gasteiger partial charge in [0.05, 0.1) is 16.5 Å². The third-order valence-corrected chi connectivity index (χ3v) is 7.16. The number of rotatable bonds is 3. The van der Waals surface area contributed by atoms with E-state index in [-0.39, 0.29) is 5.91 Å². The highest BCUT2D eigenvalue weighted by molar-refractivity contribution is 8.23. The summed E-state index contributed by atoms with van der Waals surface area (Å²) in [5.74, 6) is 0.564. The van der Waals surface area contributed by atoms with Crippen molar-refractivity contribution in [3.05, 3.63) is 34.2 Å². The number of hydrogen-bond donors (Lipinski definition) is 0. The highest BCUT2D eigenvalue weighted by Gasteiger charge is 2.26. The van der Waals surface area contributed by atoms with E-state index in [1.165, 1.54) is 30.2 Å². The molecule has 0 radical (unpaired) electrons. The minimum atomic E-state index is 0.146. The molecule has 1 saturated heterocycles. The Morgan fingerprint density at radius 3 is 2.85 bits per heavy atom. The Morgan fingerprint density at radius 1 is 1.31 bits per heavy atom. The van der Waals surface area contributed by atoms with Gasteiger partial charge in [0.2, 0.25) is 5.91 Å². The van der Waals surface area contributed by atoms with Gasteiger partial charge in [-0.15, -0.1) is 11.3 Å². The zero-order valence-electron chi connectivity index (χ0n) is 14.7. The second-order valence-electron chi connectivity index (χ2n) is 6.64. The van der Waals surface area contributed by atoms with Crippen molar-refractivity contribution < 1.29 is 4.79 Å². The molecule has 2 aliphatic rings. The molecule has 26 heavy (non-hydrogen) atoms. The van der Waals surface area contributed by atoms with E-state index in [2.05, 4.69) is 33.5 Å². The number of carbonyl (C=O) groups excluding carboxylic acids is 1. The van der Waals surface area contributed by atoms with Crippen LogP contribution in [-0.2, 0) is 11.2 Å². The maximum absolute atomic E-state index is 12.7. The molecule has 0 atom stereocenters. The van der Waals surface area contributed by atoms with E-state index >= 15 is 0 Å². The Morgan fingerprint density at radius 2 is 2.12 bits per heavy atom. The topological polar surface area (TPSA) is 36.4 Å². The minimum absolute atomic E-state index is 0.146. The normalized spacial score (nSPS) is 16.2. The summed E-state index contributed by atoms with van der Waals surface area (Å²) in [7, 11) is 0. The fourth-order valence-electron chi connectivity index (χ4n) is 3.51. The summed E-state index contributed by atoms with van der Waals surface area (Å²) in [4.78, 5) is 21.4. The van der Waals surface area contributed by atoms with Crippen LogP contribution in [0.2, 0.25) is 0 Å². The van der Waals surface area contributed by atoms with Gasteiger partial charge in [-0.3, -0.25) is 4.79 Å². The molecule has 1 fully saturated rings. The fourth-order valence-corrected chi connectivity index (χ4v) is 5.26. The number of thiocarbonyl (C=S) groups is 1. The van der Waals surface area contributed by atoms with Crippen LogP contribution >= 0.6 is 35.3 Å². The van der Waals surface area contributed by atoms with Gasteiger partial charge < -0.3 is 9.80 Å². The molecule has 0 saturated carbocycles. The molecule has 0 N–H and O–H groups in total. The molecule has 0 aliphatic carbocycles. The molecule has 2 aromatic rings. The first-order chi connectivity index (χ1) is 12.6. The Balaban J connectivity index is 1.42. The zero-order chi connectivity index (χ0) is 18.1. The number of aryl methyl sites for hydroxylation is 1. The van der Waals surface area contributed by atoms with Crippen molar-refractivity contribution in [3.63, 3.8) is 0 Å². The van der Waals surface area contributed by atoms with E-state index in [4.69, 9.17) is 12.2 Å². The molecule has 136 valence electrons. The van der Waals surface area contributed by atoms with Gasteiger partial charge in [-0.25, -0.2) is 4.98 Å². The summed E-state index contributed by atoms with van der Waals surface area (Å²) in [6.45, 7) is 4.84. The van der Waals surface area contributed by atoms with E-state index in [1.807, 2.05) is 11.8 Å². The molecular formula is C19H21N3OS3. The van der Waals surface area contributed by atoms with E-state index in [0.29, 0.717) is 5.75 Å². The van der Waals surface area contributed by atoms with E-state index in [0.717, 1.165) is 52.3 Å². The third kappa shape index (κ3) is 3.66. The van der Waals surface area contributed by atoms with Crippen LogP contribution in [0.5, 0.6) is 0 Å². The van der Waals surface area contributed by atoms with Gasteiger partial charge in [-0.1, -0.05) is 30.0 Å². The first kappa shape index (κ1) is 17.9. The van der Waals surface area contributed by atoms with E-state index < -0.39 is 0 Å². The number of aromatic nitrogens is 1. The molecule has 2 aliphatic heterocycles. The van der Waals surface area contributed by atoms with Crippen LogP contribution in [0.25, 0.3) is 11.3 Å². The molecule has 1 aromatic heterocycles. The fraction of sp³-hybridized carbons (Fsp3) is 0.421. The van der Waals surface area contributed by atoms with Crippen LogP contribution in [0, 0.1) is 6.92 Å². The molecule has 0 bridgehead atoms. The highest BCUT2D eigenvalue weighted by Crippen LogP contribution is 2.33. The van der Waals surface area contributed by atoms with Crippen molar-refractivity contribution in [3.8, 4) is 11.3 Å². The maximum Gasteiger partial charge on any atom is 0.237 e. The van der Waals surface area contributed by atoms with Gasteiger partial charge >= 0.3 is 0 Å². The summed E-state index contributed by atoms with van der Waals surface area (Å²) in [5, 5.41) is 3.16. The quantitative estimate of drug-likeness (QED) is 0.721. The lowest BCUT2D eigenvalue weighted by molar-refractivity contribution is -0.116. The number of fused-ring (bicyclic) bond motifs is 1. The zero-order valence-corrected chi connectivity index (χ0v) is 17.2. The molecule has 7 heteroatoms. The number of nitrogens with zero attached hydrogens (tertiary/aromatic N) is 3. The average Bonchev–Trinajstić information content (AvgIpc) is 3.38. The van der Waals surface area contributed by atoms with Gasteiger partial charge in [0.15, 0.2) is 0 Å². The lowest BCUT2D eigenvalue weighted by Crippen LogP contribution is -2.32. The van der Waals surface area contributed by atoms with Crippen molar-refractivity contribution in [1.29, 1.82) is 0 Å². The monoisotopic (exact) mass is 403 g/mol. The number of thioether (sulfide) groups is 1. The van der Waals surface area contributed by atoms with Gasteiger partial charge in [0.1, 0.15) is 4.32 Å². The Kier molecular flexibility index (Phi) is 5.29. The highest BCUT2D eigenvalue weighted by atomic mass is 32.2. The molecule has 4 rings (SSSR count). The summed E-state index contributed by atoms with van der Waals surface area (Å²) in [6, 6.07) is 6.31. The molecule has 0 unspecified atom stereocenters. The Hall–Kier alpha value is -1.44. The van der Waals surface area contributed by atoms with Gasteiger partial charge in [0.25, 0.3) is 0 Å². The molecule has 3 heterocycles. The standard InChI is InChI=1S/C19H21N3OS3/c1-13-20-16(11-25-13)14-4-5-17-15(10-14)6-9-22(17)18(23)12-26-19(24)21-7-2-3-8-21/h4-5,10-11H,2-3,6-9,12H2,1H3. The van der Waals surface area contributed by atoms with Gasteiger partial charge in [0, 0.05) is 36.3 Å². The van der Waals surface area contributed by atoms with Gasteiger partial charge in [-0.2, -0.15) is 0 Å². The van der Waals surface area contributed by atoms with Crippen LogP contribution in [0.1, 0.15) is 23.4 Å². The van der Waals surface area contributed by atoms with Crippen LogP contribution in [-0.4, -0.2) is 45.5 Å². The van der Waals surface area contributed by atoms with Crippen LogP contribution in [0.4, 0.5) is 5.69 Å². The minimum Gasteiger partial charge on any atom is -0.358 e. The van der Waals surface area contributed by atoms with Crippen LogP contribution in [0.15, 0.2) is 23.6 Å². The largest absolute Gasteiger partial charge is 0.358 e. The smallest absolute Gasteiger partial charge is 0.237 e. The number of hydrogen-bond acceptors (Lipinski definition) is 5. The number of amides is 1. The Bertz CT molecular complexity index is 842. The Labute approximate surface area is 167 Å². The van der Waals surface area contributed by atoms with Crippen molar-refractivity contribution in [2.45, 2.75) is 26.2 Å². The molecule has 1 aromatic carbocycles. The van der Waals surface area contributed by atoms with Crippen molar-refractivity contribution in [2.24, 2.45) is 0 Å². The lowest BCUT2D eigenvalue weighted by Gasteiger charge is -2.20. The first-order valence-corrected chi connectivity index (χ1v) is 11.2. The molecule has 4 nitrogen and oxygen atoms in total. The number of carbonyl (C=O) groups is 1. The second kappa shape index (κ2) is 7.66. The molecular weight excluding hydrogens is 382 g/mol. The maximum atomic E-state index is 12.7. The number of benzene rings is 1. The van der Waals surface area contributed by atoms with Crippen molar-refractivity contribution in [2.75, 3.05) is 30.3 Å². The average molecular weight is 404 g/mol. The van der Waals surface area contributed by atoms with Crippen LogP contribution < -0.4 is 4.90 Å². The van der Waals surface area contributed by atoms with Crippen molar-refractivity contribution in [1.82, 2.24) is 9.88 Å². The van der Waals surface area contributed by atoms with Crippen LogP contribution in [0.3, 0.4) is 0 Å². The number of anilines is 1. The number of likely N-dealkylation sites (tertiary alicyclic amines) is 1. The molecule has 1 amide bonds.